The molecule has 0 atom stereocenters. The summed E-state index contributed by atoms with van der Waals surface area (Å²) in [4.78, 5) is 26.9. The first-order chi connectivity index (χ1) is 8.50. The number of carbonyl (C=O) groups is 2. The van der Waals surface area contributed by atoms with Gasteiger partial charge in [-0.15, -0.1) is 0 Å². The van der Waals surface area contributed by atoms with E-state index >= 15 is 0 Å². The van der Waals surface area contributed by atoms with Gasteiger partial charge in [-0.25, -0.2) is 4.98 Å². The van der Waals surface area contributed by atoms with Crippen molar-refractivity contribution in [2.45, 2.75) is 26.3 Å². The summed E-state index contributed by atoms with van der Waals surface area (Å²) in [5, 5.41) is 5.36. The van der Waals surface area contributed by atoms with E-state index in [0.29, 0.717) is 5.56 Å². The highest BCUT2D eigenvalue weighted by Gasteiger charge is 2.10. The van der Waals surface area contributed by atoms with Crippen LogP contribution in [0, 0.1) is 0 Å². The molecule has 0 aromatic carbocycles. The fraction of sp³-hybridized carbons (Fsp3) is 0.417. The Kier molecular flexibility index (Phi) is 5.10. The van der Waals surface area contributed by atoms with Crippen molar-refractivity contribution >= 4 is 17.6 Å². The highest BCUT2D eigenvalue weighted by molar-refractivity contribution is 5.98. The van der Waals surface area contributed by atoms with Crippen LogP contribution < -0.4 is 16.4 Å². The van der Waals surface area contributed by atoms with Gasteiger partial charge in [0.15, 0.2) is 0 Å². The molecule has 0 aliphatic carbocycles. The number of anilines is 1. The van der Waals surface area contributed by atoms with E-state index < -0.39 is 0 Å². The van der Waals surface area contributed by atoms with Gasteiger partial charge in [0, 0.05) is 25.2 Å². The van der Waals surface area contributed by atoms with E-state index in [4.69, 9.17) is 5.73 Å². The average Bonchev–Trinajstić information content (AvgIpc) is 2.28. The topological polar surface area (TPSA) is 97.1 Å². The number of hydrogen-bond donors (Lipinski definition) is 3. The van der Waals surface area contributed by atoms with Gasteiger partial charge in [-0.05, 0) is 26.0 Å². The van der Waals surface area contributed by atoms with Gasteiger partial charge >= 0.3 is 0 Å². The zero-order chi connectivity index (χ0) is 13.5. The molecule has 0 unspecified atom stereocenters. The third kappa shape index (κ3) is 4.40. The molecular weight excluding hydrogens is 232 g/mol. The summed E-state index contributed by atoms with van der Waals surface area (Å²) in [7, 11) is 0. The van der Waals surface area contributed by atoms with Gasteiger partial charge in [0.25, 0.3) is 5.91 Å². The Morgan fingerprint density at radius 2 is 2.17 bits per heavy atom. The third-order valence-electron chi connectivity index (χ3n) is 2.17. The van der Waals surface area contributed by atoms with Crippen LogP contribution in [0.15, 0.2) is 18.3 Å². The van der Waals surface area contributed by atoms with Crippen LogP contribution in [0.25, 0.3) is 0 Å². The minimum atomic E-state index is -0.321. The SMILES string of the molecule is CC(C)NC(=O)CCNC(=O)c1cccnc1N. The summed E-state index contributed by atoms with van der Waals surface area (Å²) >= 11 is 0. The van der Waals surface area contributed by atoms with Crippen molar-refractivity contribution < 1.29 is 9.59 Å². The molecule has 0 fully saturated rings. The van der Waals surface area contributed by atoms with E-state index in [1.54, 1.807) is 12.1 Å². The number of nitrogens with zero attached hydrogens (tertiary/aromatic N) is 1. The number of nitrogen functional groups attached to an aromatic ring is 1. The molecule has 0 radical (unpaired) electrons. The molecule has 1 aromatic heterocycles. The summed E-state index contributed by atoms with van der Waals surface area (Å²) in [6.45, 7) is 4.03. The van der Waals surface area contributed by atoms with E-state index in [0.717, 1.165) is 0 Å². The van der Waals surface area contributed by atoms with Crippen molar-refractivity contribution in [1.29, 1.82) is 0 Å². The van der Waals surface area contributed by atoms with Gasteiger partial charge in [0.2, 0.25) is 5.91 Å². The van der Waals surface area contributed by atoms with Gasteiger partial charge in [-0.1, -0.05) is 0 Å². The average molecular weight is 250 g/mol. The predicted octanol–water partition coefficient (Wildman–Crippen LogP) is 0.308. The maximum absolute atomic E-state index is 11.7. The maximum atomic E-state index is 11.7. The minimum absolute atomic E-state index is 0.0931. The first-order valence-corrected chi connectivity index (χ1v) is 5.78. The number of nitrogens with two attached hydrogens (primary N) is 1. The number of hydrogen-bond acceptors (Lipinski definition) is 4. The van der Waals surface area contributed by atoms with Crippen molar-refractivity contribution in [3.8, 4) is 0 Å². The van der Waals surface area contributed by atoms with Crippen molar-refractivity contribution in [3.05, 3.63) is 23.9 Å². The summed E-state index contributed by atoms with van der Waals surface area (Å²) in [6, 6.07) is 3.32. The smallest absolute Gasteiger partial charge is 0.255 e. The zero-order valence-electron chi connectivity index (χ0n) is 10.6. The van der Waals surface area contributed by atoms with Crippen LogP contribution in [0.2, 0.25) is 0 Å². The lowest BCUT2D eigenvalue weighted by Gasteiger charge is -2.09. The van der Waals surface area contributed by atoms with E-state index in [9.17, 15) is 9.59 Å². The molecule has 98 valence electrons. The van der Waals surface area contributed by atoms with Crippen molar-refractivity contribution in [2.24, 2.45) is 0 Å². The lowest BCUT2D eigenvalue weighted by Crippen LogP contribution is -2.34. The third-order valence-corrected chi connectivity index (χ3v) is 2.17. The van der Waals surface area contributed by atoms with Crippen LogP contribution in [-0.4, -0.2) is 29.4 Å². The largest absolute Gasteiger partial charge is 0.383 e. The lowest BCUT2D eigenvalue weighted by atomic mass is 10.2. The molecule has 0 aliphatic rings. The van der Waals surface area contributed by atoms with Crippen molar-refractivity contribution in [3.63, 3.8) is 0 Å². The van der Waals surface area contributed by atoms with Crippen LogP contribution in [0.1, 0.15) is 30.6 Å². The second kappa shape index (κ2) is 6.58. The lowest BCUT2D eigenvalue weighted by molar-refractivity contribution is -0.121. The van der Waals surface area contributed by atoms with E-state index in [-0.39, 0.29) is 36.6 Å². The zero-order valence-corrected chi connectivity index (χ0v) is 10.6. The number of amides is 2. The van der Waals surface area contributed by atoms with Gasteiger partial charge in [0.05, 0.1) is 5.56 Å². The quantitative estimate of drug-likeness (QED) is 0.700. The molecule has 0 saturated carbocycles. The molecule has 1 rings (SSSR count). The molecule has 4 N–H and O–H groups in total. The normalized spacial score (nSPS) is 10.2. The van der Waals surface area contributed by atoms with Gasteiger partial charge in [0.1, 0.15) is 5.82 Å². The standard InChI is InChI=1S/C12H18N4O2/c1-8(2)16-10(17)5-7-15-12(18)9-4-3-6-14-11(9)13/h3-4,6,8H,5,7H2,1-2H3,(H2,13,14)(H,15,18)(H,16,17). The van der Waals surface area contributed by atoms with Crippen molar-refractivity contribution in [1.82, 2.24) is 15.6 Å². The number of rotatable bonds is 5. The van der Waals surface area contributed by atoms with Gasteiger partial charge < -0.3 is 16.4 Å². The van der Waals surface area contributed by atoms with E-state index in [2.05, 4.69) is 15.6 Å². The van der Waals surface area contributed by atoms with Gasteiger partial charge in [-0.3, -0.25) is 9.59 Å². The molecule has 0 spiro atoms. The summed E-state index contributed by atoms with van der Waals surface area (Å²) in [5.41, 5.74) is 5.89. The van der Waals surface area contributed by atoms with Crippen LogP contribution in [-0.2, 0) is 4.79 Å². The molecule has 0 saturated heterocycles. The number of carbonyl (C=O) groups excluding carboxylic acids is 2. The molecular formula is C12H18N4O2. The van der Waals surface area contributed by atoms with Crippen LogP contribution in [0.3, 0.4) is 0 Å². The van der Waals surface area contributed by atoms with Gasteiger partial charge in [-0.2, -0.15) is 0 Å². The highest BCUT2D eigenvalue weighted by Crippen LogP contribution is 2.05. The molecule has 6 heteroatoms. The second-order valence-electron chi connectivity index (χ2n) is 4.16. The molecule has 18 heavy (non-hydrogen) atoms. The number of nitrogens with one attached hydrogen (secondary N) is 2. The van der Waals surface area contributed by atoms with Crippen LogP contribution >= 0.6 is 0 Å². The Morgan fingerprint density at radius 3 is 2.78 bits per heavy atom. The predicted molar refractivity (Wildman–Crippen MR) is 68.9 cm³/mol. The fourth-order valence-electron chi connectivity index (χ4n) is 1.39. The summed E-state index contributed by atoms with van der Waals surface area (Å²) < 4.78 is 0. The Balaban J connectivity index is 2.39. The molecule has 2 amide bonds. The highest BCUT2D eigenvalue weighted by atomic mass is 16.2. The van der Waals surface area contributed by atoms with E-state index in [1.165, 1.54) is 6.20 Å². The molecule has 0 bridgehead atoms. The molecule has 1 heterocycles. The Morgan fingerprint density at radius 1 is 1.44 bits per heavy atom. The summed E-state index contributed by atoms with van der Waals surface area (Å²) in [5.74, 6) is -0.232. The van der Waals surface area contributed by atoms with Crippen LogP contribution in [0.5, 0.6) is 0 Å². The second-order valence-corrected chi connectivity index (χ2v) is 4.16. The van der Waals surface area contributed by atoms with Crippen LogP contribution in [0.4, 0.5) is 5.82 Å². The van der Waals surface area contributed by atoms with Crippen molar-refractivity contribution in [2.75, 3.05) is 12.3 Å². The Labute approximate surface area is 106 Å². The molecule has 6 nitrogen and oxygen atoms in total. The van der Waals surface area contributed by atoms with E-state index in [1.807, 2.05) is 13.8 Å². The maximum Gasteiger partial charge on any atom is 0.255 e. The number of pyridine rings is 1. The first-order valence-electron chi connectivity index (χ1n) is 5.78. The number of aromatic nitrogens is 1. The molecule has 1 aromatic rings. The monoisotopic (exact) mass is 250 g/mol. The summed E-state index contributed by atoms with van der Waals surface area (Å²) in [6.07, 6.45) is 1.76. The minimum Gasteiger partial charge on any atom is -0.383 e. The Bertz CT molecular complexity index is 432. The first kappa shape index (κ1) is 14.0. The molecule has 0 aliphatic heterocycles. The fourth-order valence-corrected chi connectivity index (χ4v) is 1.39. The Hall–Kier alpha value is -2.11.